The van der Waals surface area contributed by atoms with E-state index in [0.29, 0.717) is 29.9 Å². The van der Waals surface area contributed by atoms with Crippen LogP contribution in [0.5, 0.6) is 0 Å². The van der Waals surface area contributed by atoms with Crippen LogP contribution in [-0.2, 0) is 4.74 Å². The summed E-state index contributed by atoms with van der Waals surface area (Å²) in [4.78, 5) is 11.6. The van der Waals surface area contributed by atoms with Crippen molar-refractivity contribution >= 4 is 17.3 Å². The molecule has 0 heterocycles. The molecule has 5 nitrogen and oxygen atoms in total. The predicted octanol–water partition coefficient (Wildman–Crippen LogP) is 4.18. The molecule has 0 radical (unpaired) electrons. The highest BCUT2D eigenvalue weighted by molar-refractivity contribution is 5.91. The van der Waals surface area contributed by atoms with Gasteiger partial charge in [-0.2, -0.15) is 0 Å². The van der Waals surface area contributed by atoms with E-state index in [9.17, 15) is 4.79 Å². The first-order valence-corrected chi connectivity index (χ1v) is 9.19. The van der Waals surface area contributed by atoms with E-state index in [1.807, 2.05) is 33.8 Å². The van der Waals surface area contributed by atoms with Crippen LogP contribution >= 0.6 is 0 Å². The fourth-order valence-corrected chi connectivity index (χ4v) is 2.52. The molecule has 24 heavy (non-hydrogen) atoms. The Labute approximate surface area is 147 Å². The van der Waals surface area contributed by atoms with Gasteiger partial charge in [0.15, 0.2) is 0 Å². The van der Waals surface area contributed by atoms with Gasteiger partial charge in [-0.3, -0.25) is 0 Å². The smallest absolute Gasteiger partial charge is 0.338 e. The number of benzene rings is 1. The summed E-state index contributed by atoms with van der Waals surface area (Å²) in [5.41, 5.74) is 13.8. The zero-order chi connectivity index (χ0) is 18.5. The Morgan fingerprint density at radius 1 is 1.17 bits per heavy atom. The van der Waals surface area contributed by atoms with Crippen molar-refractivity contribution in [2.75, 3.05) is 17.7 Å². The lowest BCUT2D eigenvalue weighted by atomic mass is 9.91. The molecule has 0 unspecified atom stereocenters. The second-order valence-corrected chi connectivity index (χ2v) is 5.28. The molecule has 0 bridgehead atoms. The van der Waals surface area contributed by atoms with Gasteiger partial charge in [0, 0.05) is 12.1 Å². The molecule has 0 spiro atoms. The molecule has 138 valence electrons. The minimum atomic E-state index is -0.339. The van der Waals surface area contributed by atoms with Crippen LogP contribution in [0.3, 0.4) is 0 Å². The van der Waals surface area contributed by atoms with Gasteiger partial charge in [0.2, 0.25) is 0 Å². The zero-order valence-electron chi connectivity index (χ0n) is 15.9. The van der Waals surface area contributed by atoms with E-state index in [1.165, 1.54) is 0 Å². The summed E-state index contributed by atoms with van der Waals surface area (Å²) < 4.78 is 4.96. The number of nitrogen functional groups attached to an aromatic ring is 1. The van der Waals surface area contributed by atoms with Gasteiger partial charge < -0.3 is 21.5 Å². The number of ether oxygens (including phenoxy) is 1. The molecule has 0 aromatic heterocycles. The second-order valence-electron chi connectivity index (χ2n) is 5.28. The number of hydrogen-bond donors (Lipinski definition) is 3. The molecule has 1 saturated carbocycles. The summed E-state index contributed by atoms with van der Waals surface area (Å²) >= 11 is 0. The minimum absolute atomic E-state index is 0.330. The van der Waals surface area contributed by atoms with E-state index in [1.54, 1.807) is 19.1 Å². The Hall–Kier alpha value is -1.75. The summed E-state index contributed by atoms with van der Waals surface area (Å²) in [6.07, 6.45) is 4.19. The normalized spacial score (nSPS) is 19.1. The summed E-state index contributed by atoms with van der Waals surface area (Å²) in [6.45, 7) is 10.1. The number of carbonyl (C=O) groups is 1. The first kappa shape index (κ1) is 22.2. The summed E-state index contributed by atoms with van der Waals surface area (Å²) in [5, 5.41) is 3.44. The molecule has 1 aliphatic carbocycles. The van der Waals surface area contributed by atoms with Gasteiger partial charge in [0.1, 0.15) is 0 Å². The van der Waals surface area contributed by atoms with Gasteiger partial charge >= 0.3 is 5.97 Å². The van der Waals surface area contributed by atoms with Gasteiger partial charge in [-0.15, -0.1) is 0 Å². The molecule has 0 saturated heterocycles. The van der Waals surface area contributed by atoms with Gasteiger partial charge in [-0.25, -0.2) is 4.79 Å². The van der Waals surface area contributed by atoms with Crippen molar-refractivity contribution in [3.05, 3.63) is 23.8 Å². The standard InChI is InChI=1S/C15H23N3O2.2C2H6/c1-2-20-15(19)10-3-8-14(13(17)9-10)18-12-6-4-11(16)5-7-12;2*1-2/h3,8-9,11-12,18H,2,4-7,16-17H2,1H3;2*1-2H3. The van der Waals surface area contributed by atoms with Crippen molar-refractivity contribution in [2.24, 2.45) is 5.73 Å². The number of rotatable bonds is 4. The largest absolute Gasteiger partial charge is 0.462 e. The van der Waals surface area contributed by atoms with E-state index in [-0.39, 0.29) is 5.97 Å². The fourth-order valence-electron chi connectivity index (χ4n) is 2.52. The molecule has 5 heteroatoms. The Kier molecular flexibility index (Phi) is 11.7. The van der Waals surface area contributed by atoms with Crippen molar-refractivity contribution in [1.82, 2.24) is 0 Å². The topological polar surface area (TPSA) is 90.4 Å². The minimum Gasteiger partial charge on any atom is -0.462 e. The molecular formula is C19H35N3O2. The molecule has 1 fully saturated rings. The lowest BCUT2D eigenvalue weighted by Crippen LogP contribution is -2.33. The Morgan fingerprint density at radius 3 is 2.25 bits per heavy atom. The molecule has 0 aliphatic heterocycles. The van der Waals surface area contributed by atoms with Crippen molar-refractivity contribution in [3.8, 4) is 0 Å². The van der Waals surface area contributed by atoms with E-state index in [2.05, 4.69) is 5.32 Å². The van der Waals surface area contributed by atoms with Crippen LogP contribution in [0.25, 0.3) is 0 Å². The summed E-state index contributed by atoms with van der Waals surface area (Å²) in [6, 6.07) is 5.98. The molecule has 0 atom stereocenters. The lowest BCUT2D eigenvalue weighted by molar-refractivity contribution is 0.0526. The maximum absolute atomic E-state index is 11.6. The van der Waals surface area contributed by atoms with Gasteiger partial charge in [0.05, 0.1) is 23.5 Å². The maximum Gasteiger partial charge on any atom is 0.338 e. The quantitative estimate of drug-likeness (QED) is 0.566. The first-order valence-electron chi connectivity index (χ1n) is 9.19. The van der Waals surface area contributed by atoms with Crippen molar-refractivity contribution in [3.63, 3.8) is 0 Å². The molecule has 1 aromatic rings. The van der Waals surface area contributed by atoms with Gasteiger partial charge in [-0.1, -0.05) is 27.7 Å². The highest BCUT2D eigenvalue weighted by Gasteiger charge is 2.19. The van der Waals surface area contributed by atoms with Crippen molar-refractivity contribution < 1.29 is 9.53 Å². The predicted molar refractivity (Wildman–Crippen MR) is 103 cm³/mol. The fraction of sp³-hybridized carbons (Fsp3) is 0.632. The van der Waals surface area contributed by atoms with Crippen LogP contribution in [-0.4, -0.2) is 24.7 Å². The Balaban J connectivity index is 0.00000123. The second kappa shape index (κ2) is 12.6. The summed E-state index contributed by atoms with van der Waals surface area (Å²) in [7, 11) is 0. The molecule has 5 N–H and O–H groups in total. The average molecular weight is 338 g/mol. The SMILES string of the molecule is CC.CC.CCOC(=O)c1ccc(NC2CCC(N)CC2)c(N)c1. The third kappa shape index (κ3) is 7.21. The summed E-state index contributed by atoms with van der Waals surface area (Å²) in [5.74, 6) is -0.339. The van der Waals surface area contributed by atoms with Crippen molar-refractivity contribution in [2.45, 2.75) is 72.4 Å². The number of anilines is 2. The number of nitrogens with one attached hydrogen (secondary N) is 1. The van der Waals surface area contributed by atoms with Crippen molar-refractivity contribution in [1.29, 1.82) is 0 Å². The Morgan fingerprint density at radius 2 is 1.75 bits per heavy atom. The number of carbonyl (C=O) groups excluding carboxylic acids is 1. The van der Waals surface area contributed by atoms with Crippen LogP contribution in [0.2, 0.25) is 0 Å². The highest BCUT2D eigenvalue weighted by Crippen LogP contribution is 2.25. The zero-order valence-corrected chi connectivity index (χ0v) is 15.9. The molecule has 1 aliphatic rings. The average Bonchev–Trinajstić information content (AvgIpc) is 2.62. The number of nitrogens with two attached hydrogens (primary N) is 2. The molecule has 1 aromatic carbocycles. The van der Waals surface area contributed by atoms with Crippen LogP contribution in [0.15, 0.2) is 18.2 Å². The van der Waals surface area contributed by atoms with Crippen LogP contribution < -0.4 is 16.8 Å². The Bertz CT molecular complexity index is 470. The number of esters is 1. The van der Waals surface area contributed by atoms with E-state index in [4.69, 9.17) is 16.2 Å². The maximum atomic E-state index is 11.6. The van der Waals surface area contributed by atoms with Crippen LogP contribution in [0, 0.1) is 0 Å². The van der Waals surface area contributed by atoms with Crippen LogP contribution in [0.4, 0.5) is 11.4 Å². The molecular weight excluding hydrogens is 302 g/mol. The highest BCUT2D eigenvalue weighted by atomic mass is 16.5. The number of hydrogen-bond acceptors (Lipinski definition) is 5. The monoisotopic (exact) mass is 337 g/mol. The van der Waals surface area contributed by atoms with Gasteiger partial charge in [-0.05, 0) is 50.8 Å². The van der Waals surface area contributed by atoms with E-state index in [0.717, 1.165) is 31.4 Å². The molecule has 2 rings (SSSR count). The third-order valence-electron chi connectivity index (χ3n) is 3.69. The third-order valence-corrected chi connectivity index (χ3v) is 3.69. The first-order chi connectivity index (χ1) is 11.6. The molecule has 0 amide bonds. The lowest BCUT2D eigenvalue weighted by Gasteiger charge is -2.28. The van der Waals surface area contributed by atoms with Crippen LogP contribution in [0.1, 0.15) is 70.7 Å². The van der Waals surface area contributed by atoms with Gasteiger partial charge in [0.25, 0.3) is 0 Å². The van der Waals surface area contributed by atoms with E-state index < -0.39 is 0 Å². The van der Waals surface area contributed by atoms with E-state index >= 15 is 0 Å².